The van der Waals surface area contributed by atoms with E-state index in [0.717, 1.165) is 31.7 Å². The first-order valence-electron chi connectivity index (χ1n) is 9.72. The molecule has 1 fully saturated rings. The highest BCUT2D eigenvalue weighted by Gasteiger charge is 2.35. The molecular weight excluding hydrogens is 332 g/mol. The zero-order chi connectivity index (χ0) is 18.2. The van der Waals surface area contributed by atoms with E-state index in [2.05, 4.69) is 71.4 Å². The molecule has 0 N–H and O–H groups in total. The second-order valence-corrected chi connectivity index (χ2v) is 7.63. The minimum Gasteiger partial charge on any atom is -0.378 e. The van der Waals surface area contributed by atoms with Gasteiger partial charge in [0.25, 0.3) is 0 Å². The summed E-state index contributed by atoms with van der Waals surface area (Å²) in [5, 5.41) is 1.21. The lowest BCUT2D eigenvalue weighted by molar-refractivity contribution is -0.0402. The van der Waals surface area contributed by atoms with Crippen molar-refractivity contribution in [3.63, 3.8) is 0 Å². The molecule has 3 heterocycles. The summed E-state index contributed by atoms with van der Waals surface area (Å²) in [4.78, 5) is 7.22. The Labute approximate surface area is 160 Å². The van der Waals surface area contributed by atoms with Gasteiger partial charge in [0.15, 0.2) is 0 Å². The van der Waals surface area contributed by atoms with Crippen molar-refractivity contribution >= 4 is 16.5 Å². The highest BCUT2D eigenvalue weighted by Crippen LogP contribution is 2.36. The van der Waals surface area contributed by atoms with Crippen molar-refractivity contribution in [3.8, 4) is 0 Å². The summed E-state index contributed by atoms with van der Waals surface area (Å²) in [6.45, 7) is 4.78. The summed E-state index contributed by atoms with van der Waals surface area (Å²) in [6, 6.07) is 20.2. The van der Waals surface area contributed by atoms with Gasteiger partial charge in [-0.1, -0.05) is 54.6 Å². The maximum Gasteiger partial charge on any atom is 0.0737 e. The third kappa shape index (κ3) is 3.07. The fourth-order valence-electron chi connectivity index (χ4n) is 4.54. The predicted molar refractivity (Wildman–Crippen MR) is 109 cm³/mol. The number of benzene rings is 2. The number of ether oxygens (including phenoxy) is 1. The Hall–Kier alpha value is -2.49. The highest BCUT2D eigenvalue weighted by atomic mass is 16.5. The van der Waals surface area contributed by atoms with Crippen LogP contribution in [0.25, 0.3) is 16.5 Å². The Morgan fingerprint density at radius 1 is 1.04 bits per heavy atom. The average molecular weight is 356 g/mol. The molecule has 0 aliphatic carbocycles. The number of hydrogen-bond donors (Lipinski definition) is 0. The van der Waals surface area contributed by atoms with Gasteiger partial charge in [-0.2, -0.15) is 0 Å². The summed E-state index contributed by atoms with van der Waals surface area (Å²) in [6.07, 6.45) is 5.34. The van der Waals surface area contributed by atoms with Crippen molar-refractivity contribution in [2.75, 3.05) is 13.2 Å². The Bertz CT molecular complexity index is 996. The molecule has 3 heteroatoms. The first-order valence-corrected chi connectivity index (χ1v) is 9.72. The lowest BCUT2D eigenvalue weighted by atomic mass is 9.87. The van der Waals surface area contributed by atoms with E-state index >= 15 is 0 Å². The average Bonchev–Trinajstić information content (AvgIpc) is 2.69. The van der Waals surface area contributed by atoms with Crippen LogP contribution in [0.5, 0.6) is 0 Å². The Kier molecular flexibility index (Phi) is 4.27. The second kappa shape index (κ2) is 6.91. The predicted octanol–water partition coefficient (Wildman–Crippen LogP) is 4.60. The normalized spacial score (nSPS) is 22.6. The number of aromatic nitrogens is 1. The van der Waals surface area contributed by atoms with Crippen LogP contribution in [0.2, 0.25) is 0 Å². The maximum atomic E-state index is 5.89. The van der Waals surface area contributed by atoms with Gasteiger partial charge in [-0.3, -0.25) is 9.88 Å². The molecule has 3 nitrogen and oxygen atoms in total. The number of rotatable bonds is 3. The Morgan fingerprint density at radius 3 is 2.78 bits per heavy atom. The van der Waals surface area contributed by atoms with Gasteiger partial charge in [0.1, 0.15) is 0 Å². The molecule has 0 radical (unpaired) electrons. The van der Waals surface area contributed by atoms with Crippen LogP contribution in [0.1, 0.15) is 23.1 Å². The van der Waals surface area contributed by atoms with Crippen LogP contribution in [0.3, 0.4) is 0 Å². The van der Waals surface area contributed by atoms with Gasteiger partial charge in [0.2, 0.25) is 0 Å². The first-order chi connectivity index (χ1) is 13.3. The van der Waals surface area contributed by atoms with Crippen molar-refractivity contribution < 1.29 is 4.74 Å². The van der Waals surface area contributed by atoms with Crippen molar-refractivity contribution in [2.45, 2.75) is 32.0 Å². The summed E-state index contributed by atoms with van der Waals surface area (Å²) in [5.41, 5.74) is 6.57. The fraction of sp³-hybridized carbons (Fsp3) is 0.292. The van der Waals surface area contributed by atoms with Crippen LogP contribution < -0.4 is 0 Å². The Morgan fingerprint density at radius 2 is 1.93 bits per heavy atom. The molecule has 2 aromatic carbocycles. The number of morpholine rings is 1. The van der Waals surface area contributed by atoms with Crippen molar-refractivity contribution in [1.82, 2.24) is 9.88 Å². The van der Waals surface area contributed by atoms with Gasteiger partial charge in [-0.25, -0.2) is 0 Å². The third-order valence-corrected chi connectivity index (χ3v) is 5.92. The highest BCUT2D eigenvalue weighted by molar-refractivity contribution is 5.87. The van der Waals surface area contributed by atoms with E-state index in [1.807, 2.05) is 12.3 Å². The van der Waals surface area contributed by atoms with E-state index in [9.17, 15) is 0 Å². The van der Waals surface area contributed by atoms with Gasteiger partial charge in [0, 0.05) is 24.2 Å². The fourth-order valence-corrected chi connectivity index (χ4v) is 4.54. The number of aryl methyl sites for hydroxylation is 1. The maximum absolute atomic E-state index is 5.89. The number of pyridine rings is 1. The van der Waals surface area contributed by atoms with E-state index in [4.69, 9.17) is 4.74 Å². The minimum atomic E-state index is 0.339. The van der Waals surface area contributed by atoms with Crippen LogP contribution in [-0.4, -0.2) is 35.2 Å². The SMILES string of the molecule is Cc1c(C2=CC3COCC(C2)N3Cc2ccccc2)ccc2cccnc12. The topological polar surface area (TPSA) is 25.4 Å². The van der Waals surface area contributed by atoms with Gasteiger partial charge in [0.05, 0.1) is 24.8 Å². The molecule has 0 spiro atoms. The second-order valence-electron chi connectivity index (χ2n) is 7.63. The van der Waals surface area contributed by atoms with Crippen LogP contribution in [0.15, 0.2) is 66.9 Å². The quantitative estimate of drug-likeness (QED) is 0.686. The van der Waals surface area contributed by atoms with Crippen LogP contribution in [0, 0.1) is 6.92 Å². The van der Waals surface area contributed by atoms with Crippen LogP contribution in [0.4, 0.5) is 0 Å². The first kappa shape index (κ1) is 16.7. The largest absolute Gasteiger partial charge is 0.378 e. The van der Waals surface area contributed by atoms with Crippen molar-refractivity contribution in [1.29, 1.82) is 0 Å². The van der Waals surface area contributed by atoms with E-state index in [1.165, 1.54) is 27.6 Å². The van der Waals surface area contributed by atoms with E-state index in [1.54, 1.807) is 0 Å². The molecule has 3 aromatic rings. The van der Waals surface area contributed by atoms with Crippen molar-refractivity contribution in [2.24, 2.45) is 0 Å². The molecule has 2 bridgehead atoms. The zero-order valence-electron chi connectivity index (χ0n) is 15.6. The third-order valence-electron chi connectivity index (χ3n) is 5.92. The van der Waals surface area contributed by atoms with Crippen LogP contribution >= 0.6 is 0 Å². The molecule has 0 amide bonds. The number of hydrogen-bond acceptors (Lipinski definition) is 3. The number of nitrogens with zero attached hydrogens (tertiary/aromatic N) is 2. The monoisotopic (exact) mass is 356 g/mol. The zero-order valence-corrected chi connectivity index (χ0v) is 15.6. The molecule has 0 saturated carbocycles. The van der Waals surface area contributed by atoms with Crippen molar-refractivity contribution in [3.05, 3.63) is 83.6 Å². The standard InChI is InChI=1S/C24H24N2O/c1-17-23(10-9-19-8-5-11-25-24(17)19)20-12-21-15-27-16-22(13-20)26(21)14-18-6-3-2-4-7-18/h2-12,21-22H,13-16H2,1H3. The lowest BCUT2D eigenvalue weighted by Gasteiger charge is -2.45. The molecule has 2 aliphatic rings. The lowest BCUT2D eigenvalue weighted by Crippen LogP contribution is -2.53. The molecule has 136 valence electrons. The van der Waals surface area contributed by atoms with Gasteiger partial charge in [-0.15, -0.1) is 0 Å². The van der Waals surface area contributed by atoms with Gasteiger partial charge < -0.3 is 4.74 Å². The Balaban J connectivity index is 1.49. The molecule has 2 atom stereocenters. The van der Waals surface area contributed by atoms with E-state index in [-0.39, 0.29) is 0 Å². The smallest absolute Gasteiger partial charge is 0.0737 e. The molecule has 5 rings (SSSR count). The molecular formula is C24H24N2O. The minimum absolute atomic E-state index is 0.339. The number of fused-ring (bicyclic) bond motifs is 3. The molecule has 1 saturated heterocycles. The van der Waals surface area contributed by atoms with Gasteiger partial charge >= 0.3 is 0 Å². The van der Waals surface area contributed by atoms with Crippen LogP contribution in [-0.2, 0) is 11.3 Å². The molecule has 2 unspecified atom stereocenters. The summed E-state index contributed by atoms with van der Waals surface area (Å²) in [5.74, 6) is 0. The summed E-state index contributed by atoms with van der Waals surface area (Å²) >= 11 is 0. The summed E-state index contributed by atoms with van der Waals surface area (Å²) in [7, 11) is 0. The molecule has 2 aliphatic heterocycles. The molecule has 27 heavy (non-hydrogen) atoms. The summed E-state index contributed by atoms with van der Waals surface area (Å²) < 4.78 is 5.89. The van der Waals surface area contributed by atoms with Gasteiger partial charge in [-0.05, 0) is 41.7 Å². The van der Waals surface area contributed by atoms with E-state index < -0.39 is 0 Å². The molecule has 1 aromatic heterocycles. The van der Waals surface area contributed by atoms with E-state index in [0.29, 0.717) is 12.1 Å².